The number of carbonyl (C=O) groups is 1. The van der Waals surface area contributed by atoms with Gasteiger partial charge >= 0.3 is 5.97 Å². The van der Waals surface area contributed by atoms with Gasteiger partial charge in [-0.3, -0.25) is 0 Å². The Labute approximate surface area is 110 Å². The maximum Gasteiger partial charge on any atom is 0.336 e. The summed E-state index contributed by atoms with van der Waals surface area (Å²) in [6.45, 7) is 0. The lowest BCUT2D eigenvalue weighted by molar-refractivity contribution is 0.0697. The number of carboxylic acids is 1. The van der Waals surface area contributed by atoms with Gasteiger partial charge in [-0.1, -0.05) is 0 Å². The fourth-order valence-electron chi connectivity index (χ4n) is 1.82. The molecular weight excluding hydrogens is 270 g/mol. The van der Waals surface area contributed by atoms with Crippen molar-refractivity contribution in [3.8, 4) is 11.4 Å². The summed E-state index contributed by atoms with van der Waals surface area (Å²) in [7, 11) is 0. The molecule has 0 spiro atoms. The number of rotatable bonds is 2. The molecule has 20 heavy (non-hydrogen) atoms. The number of benzene rings is 1. The van der Waals surface area contributed by atoms with Gasteiger partial charge < -0.3 is 5.11 Å². The lowest BCUT2D eigenvalue weighted by Gasteiger charge is -2.05. The fourth-order valence-corrected chi connectivity index (χ4v) is 1.82. The number of fused-ring (bicyclic) bond motifs is 1. The van der Waals surface area contributed by atoms with Crippen LogP contribution < -0.4 is 0 Å². The third kappa shape index (κ3) is 1.78. The summed E-state index contributed by atoms with van der Waals surface area (Å²) in [4.78, 5) is 11.1. The van der Waals surface area contributed by atoms with E-state index in [4.69, 9.17) is 5.11 Å². The molecule has 1 aromatic carbocycles. The molecule has 0 amide bonds. The van der Waals surface area contributed by atoms with Crippen molar-refractivity contribution in [2.75, 3.05) is 0 Å². The Morgan fingerprint density at radius 2 is 1.95 bits per heavy atom. The topological polar surface area (TPSA) is 80.4 Å². The molecule has 100 valence electrons. The van der Waals surface area contributed by atoms with Gasteiger partial charge in [-0.25, -0.2) is 13.6 Å². The van der Waals surface area contributed by atoms with Crippen molar-refractivity contribution in [2.45, 2.75) is 0 Å². The molecule has 2 aromatic heterocycles. The van der Waals surface area contributed by atoms with Crippen LogP contribution in [0.15, 0.2) is 30.5 Å². The quantitative estimate of drug-likeness (QED) is 0.771. The normalized spacial score (nSPS) is 10.9. The van der Waals surface area contributed by atoms with E-state index >= 15 is 0 Å². The van der Waals surface area contributed by atoms with Crippen LogP contribution in [0.4, 0.5) is 8.78 Å². The van der Waals surface area contributed by atoms with Gasteiger partial charge in [0.05, 0.1) is 5.56 Å². The number of carboxylic acid groups (broad SMARTS) is 1. The Bertz CT molecular complexity index is 831. The Hall–Kier alpha value is -2.90. The van der Waals surface area contributed by atoms with E-state index in [1.165, 1.54) is 10.7 Å². The predicted molar refractivity (Wildman–Crippen MR) is 63.1 cm³/mol. The average molecular weight is 276 g/mol. The second-order valence-corrected chi connectivity index (χ2v) is 3.93. The van der Waals surface area contributed by atoms with Crippen LogP contribution in [0.25, 0.3) is 17.0 Å². The Morgan fingerprint density at radius 3 is 2.70 bits per heavy atom. The molecule has 2 heterocycles. The Morgan fingerprint density at radius 1 is 1.20 bits per heavy atom. The van der Waals surface area contributed by atoms with Gasteiger partial charge in [-0.15, -0.1) is 10.2 Å². The van der Waals surface area contributed by atoms with Gasteiger partial charge in [0, 0.05) is 11.8 Å². The molecule has 6 nitrogen and oxygen atoms in total. The minimum Gasteiger partial charge on any atom is -0.478 e. The first kappa shape index (κ1) is 12.2. The second kappa shape index (κ2) is 4.34. The molecule has 0 atom stereocenters. The fraction of sp³-hybridized carbons (Fsp3) is 0. The molecule has 0 bridgehead atoms. The molecular formula is C12H6F2N4O2. The van der Waals surface area contributed by atoms with Crippen molar-refractivity contribution in [1.29, 1.82) is 0 Å². The smallest absolute Gasteiger partial charge is 0.336 e. The number of nitrogens with zero attached hydrogens (tertiary/aromatic N) is 4. The van der Waals surface area contributed by atoms with Crippen molar-refractivity contribution in [3.63, 3.8) is 0 Å². The summed E-state index contributed by atoms with van der Waals surface area (Å²) in [5.74, 6) is -3.78. The van der Waals surface area contributed by atoms with Crippen molar-refractivity contribution in [1.82, 2.24) is 19.8 Å². The lowest BCUT2D eigenvalue weighted by Crippen LogP contribution is -2.05. The summed E-state index contributed by atoms with van der Waals surface area (Å²) in [6.07, 6.45) is 1.44. The van der Waals surface area contributed by atoms with E-state index in [0.717, 1.165) is 6.07 Å². The minimum absolute atomic E-state index is 0.0249. The standard InChI is InChI=1S/C12H6F2N4O2/c13-8-4-6(7(12(19)20)5-9(8)14)11-17-16-10-2-1-3-15-18(10)11/h1-5H,(H,19,20). The minimum atomic E-state index is -1.40. The predicted octanol–water partition coefficient (Wildman–Crippen LogP) is 1.77. The molecule has 1 N–H and O–H groups in total. The lowest BCUT2D eigenvalue weighted by atomic mass is 10.1. The summed E-state index contributed by atoms with van der Waals surface area (Å²) >= 11 is 0. The molecule has 0 unspecified atom stereocenters. The SMILES string of the molecule is O=C(O)c1cc(F)c(F)cc1-c1nnc2cccnn12. The molecule has 3 aromatic rings. The molecule has 0 radical (unpaired) electrons. The maximum absolute atomic E-state index is 13.4. The van der Waals surface area contributed by atoms with E-state index in [9.17, 15) is 13.6 Å². The van der Waals surface area contributed by atoms with Crippen molar-refractivity contribution < 1.29 is 18.7 Å². The number of hydrogen-bond acceptors (Lipinski definition) is 4. The van der Waals surface area contributed by atoms with E-state index < -0.39 is 23.2 Å². The highest BCUT2D eigenvalue weighted by Crippen LogP contribution is 2.25. The zero-order chi connectivity index (χ0) is 14.3. The van der Waals surface area contributed by atoms with Gasteiger partial charge in [0.1, 0.15) is 0 Å². The van der Waals surface area contributed by atoms with Gasteiger partial charge in [-0.2, -0.15) is 9.61 Å². The molecule has 0 aliphatic heterocycles. The van der Waals surface area contributed by atoms with E-state index in [1.807, 2.05) is 0 Å². The zero-order valence-electron chi connectivity index (χ0n) is 9.79. The monoisotopic (exact) mass is 276 g/mol. The van der Waals surface area contributed by atoms with Crippen molar-refractivity contribution >= 4 is 11.6 Å². The molecule has 3 rings (SSSR count). The van der Waals surface area contributed by atoms with E-state index in [2.05, 4.69) is 15.3 Å². The molecule has 0 fully saturated rings. The van der Waals surface area contributed by atoms with Crippen LogP contribution in [0.2, 0.25) is 0 Å². The van der Waals surface area contributed by atoms with Crippen molar-refractivity contribution in [2.24, 2.45) is 0 Å². The largest absolute Gasteiger partial charge is 0.478 e. The number of hydrogen-bond donors (Lipinski definition) is 1. The highest BCUT2D eigenvalue weighted by molar-refractivity contribution is 5.95. The Kier molecular flexibility index (Phi) is 2.63. The molecule has 0 aliphatic carbocycles. The summed E-state index contributed by atoms with van der Waals surface area (Å²) in [5, 5.41) is 20.6. The van der Waals surface area contributed by atoms with E-state index in [1.54, 1.807) is 12.1 Å². The second-order valence-electron chi connectivity index (χ2n) is 3.93. The molecule has 0 aliphatic rings. The molecule has 0 saturated carbocycles. The van der Waals surface area contributed by atoms with Gasteiger partial charge in [0.2, 0.25) is 0 Å². The van der Waals surface area contributed by atoms with Crippen LogP contribution in [-0.4, -0.2) is 30.9 Å². The maximum atomic E-state index is 13.4. The Balaban J connectivity index is 2.34. The average Bonchev–Trinajstić information content (AvgIpc) is 2.85. The van der Waals surface area contributed by atoms with Gasteiger partial charge in [-0.05, 0) is 24.3 Å². The highest BCUT2D eigenvalue weighted by Gasteiger charge is 2.20. The summed E-state index contributed by atoms with van der Waals surface area (Å²) in [5.41, 5.74) is -0.143. The molecule has 0 saturated heterocycles. The summed E-state index contributed by atoms with van der Waals surface area (Å²) in [6, 6.07) is 4.60. The third-order valence-corrected chi connectivity index (χ3v) is 2.71. The van der Waals surface area contributed by atoms with Crippen LogP contribution in [0.1, 0.15) is 10.4 Å². The van der Waals surface area contributed by atoms with Gasteiger partial charge in [0.15, 0.2) is 23.1 Å². The first-order valence-electron chi connectivity index (χ1n) is 5.47. The van der Waals surface area contributed by atoms with Crippen LogP contribution in [0, 0.1) is 11.6 Å². The van der Waals surface area contributed by atoms with Crippen LogP contribution in [0.5, 0.6) is 0 Å². The van der Waals surface area contributed by atoms with Crippen LogP contribution >= 0.6 is 0 Å². The zero-order valence-corrected chi connectivity index (χ0v) is 9.79. The number of halogens is 2. The number of aromatic nitrogens is 4. The highest BCUT2D eigenvalue weighted by atomic mass is 19.2. The summed E-state index contributed by atoms with van der Waals surface area (Å²) < 4.78 is 27.8. The van der Waals surface area contributed by atoms with Crippen LogP contribution in [0.3, 0.4) is 0 Å². The number of aromatic carboxylic acids is 1. The molecule has 8 heteroatoms. The van der Waals surface area contributed by atoms with Crippen molar-refractivity contribution in [3.05, 3.63) is 47.7 Å². The van der Waals surface area contributed by atoms with Crippen LogP contribution in [-0.2, 0) is 0 Å². The third-order valence-electron chi connectivity index (χ3n) is 2.71. The van der Waals surface area contributed by atoms with E-state index in [0.29, 0.717) is 11.7 Å². The first-order valence-corrected chi connectivity index (χ1v) is 5.47. The van der Waals surface area contributed by atoms with E-state index in [-0.39, 0.29) is 11.4 Å². The first-order chi connectivity index (χ1) is 9.58. The van der Waals surface area contributed by atoms with Gasteiger partial charge in [0.25, 0.3) is 0 Å².